The van der Waals surface area contributed by atoms with E-state index in [2.05, 4.69) is 10.3 Å². The van der Waals surface area contributed by atoms with Crippen LogP contribution in [0.2, 0.25) is 5.02 Å². The van der Waals surface area contributed by atoms with E-state index in [0.717, 1.165) is 5.56 Å². The second-order valence-electron chi connectivity index (χ2n) is 5.96. The van der Waals surface area contributed by atoms with E-state index in [-0.39, 0.29) is 11.5 Å². The lowest BCUT2D eigenvalue weighted by Gasteiger charge is -2.24. The van der Waals surface area contributed by atoms with E-state index in [1.54, 1.807) is 30.3 Å². The number of fused-ring (bicyclic) bond motifs is 1. The molecule has 144 valence electrons. The minimum Gasteiger partial charge on any atom is -0.494 e. The van der Waals surface area contributed by atoms with E-state index in [1.807, 2.05) is 6.92 Å². The highest BCUT2D eigenvalue weighted by Crippen LogP contribution is 2.29. The molecule has 1 aliphatic heterocycles. The summed E-state index contributed by atoms with van der Waals surface area (Å²) in [6, 6.07) is 11.1. The van der Waals surface area contributed by atoms with Gasteiger partial charge in [-0.05, 0) is 61.4 Å². The molecule has 0 aromatic heterocycles. The lowest BCUT2D eigenvalue weighted by molar-refractivity contribution is -0.126. The van der Waals surface area contributed by atoms with Gasteiger partial charge in [0.2, 0.25) is 5.91 Å². The minimum atomic E-state index is -3.89. The van der Waals surface area contributed by atoms with Crippen molar-refractivity contribution in [1.82, 2.24) is 10.3 Å². The van der Waals surface area contributed by atoms with Crippen molar-refractivity contribution in [1.29, 1.82) is 0 Å². The second-order valence-corrected chi connectivity index (χ2v) is 8.08. The Kier molecular flexibility index (Phi) is 5.88. The highest BCUT2D eigenvalue weighted by molar-refractivity contribution is 7.89. The van der Waals surface area contributed by atoms with Gasteiger partial charge in [-0.2, -0.15) is 0 Å². The van der Waals surface area contributed by atoms with E-state index in [9.17, 15) is 13.2 Å². The monoisotopic (exact) mass is 410 g/mol. The number of sulfonamides is 1. The molecule has 1 heterocycles. The summed E-state index contributed by atoms with van der Waals surface area (Å²) in [5.74, 6) is 0.240. The molecule has 2 N–H and O–H groups in total. The summed E-state index contributed by atoms with van der Waals surface area (Å²) in [7, 11) is -3.89. The van der Waals surface area contributed by atoms with E-state index in [0.29, 0.717) is 29.5 Å². The van der Waals surface area contributed by atoms with Gasteiger partial charge in [-0.15, -0.1) is 4.83 Å². The zero-order valence-electron chi connectivity index (χ0n) is 14.6. The van der Waals surface area contributed by atoms with Crippen LogP contribution < -0.4 is 19.7 Å². The number of ether oxygens (including phenoxy) is 2. The van der Waals surface area contributed by atoms with Crippen molar-refractivity contribution in [3.8, 4) is 11.5 Å². The number of rotatable bonds is 6. The first-order valence-corrected chi connectivity index (χ1v) is 10.2. The molecule has 9 heteroatoms. The molecule has 7 nitrogen and oxygen atoms in total. The quantitative estimate of drug-likeness (QED) is 0.713. The Balaban J connectivity index is 1.61. The fourth-order valence-corrected chi connectivity index (χ4v) is 3.73. The molecule has 2 aromatic rings. The normalized spacial score (nSPS) is 16.1. The van der Waals surface area contributed by atoms with Crippen molar-refractivity contribution in [2.24, 2.45) is 5.92 Å². The molecule has 1 amide bonds. The molecule has 0 fully saturated rings. The molecule has 1 aliphatic rings. The Morgan fingerprint density at radius 3 is 2.70 bits per heavy atom. The number of hydrazine groups is 1. The Morgan fingerprint density at radius 1 is 1.26 bits per heavy atom. The molecule has 0 radical (unpaired) electrons. The zero-order chi connectivity index (χ0) is 19.4. The molecule has 3 rings (SSSR count). The van der Waals surface area contributed by atoms with Crippen LogP contribution in [0, 0.1) is 5.92 Å². The Morgan fingerprint density at radius 2 is 2.00 bits per heavy atom. The first-order chi connectivity index (χ1) is 12.9. The van der Waals surface area contributed by atoms with Gasteiger partial charge >= 0.3 is 0 Å². The number of hydrogen-bond acceptors (Lipinski definition) is 5. The van der Waals surface area contributed by atoms with E-state index in [1.165, 1.54) is 12.1 Å². The highest BCUT2D eigenvalue weighted by Gasteiger charge is 2.27. The van der Waals surface area contributed by atoms with Gasteiger partial charge in [0, 0.05) is 5.02 Å². The van der Waals surface area contributed by atoms with Crippen LogP contribution in [-0.4, -0.2) is 27.5 Å². The molecule has 2 aromatic carbocycles. The summed E-state index contributed by atoms with van der Waals surface area (Å²) >= 11 is 5.97. The molecular weight excluding hydrogens is 392 g/mol. The predicted molar refractivity (Wildman–Crippen MR) is 100 cm³/mol. The van der Waals surface area contributed by atoms with E-state index in [4.69, 9.17) is 21.1 Å². The number of nitrogens with one attached hydrogen (secondary N) is 2. The van der Waals surface area contributed by atoms with Gasteiger partial charge in [0.05, 0.1) is 17.4 Å². The lowest BCUT2D eigenvalue weighted by Crippen LogP contribution is -2.46. The van der Waals surface area contributed by atoms with Crippen LogP contribution in [0.1, 0.15) is 12.5 Å². The summed E-state index contributed by atoms with van der Waals surface area (Å²) in [6.07, 6.45) is 0.409. The molecule has 0 spiro atoms. The van der Waals surface area contributed by atoms with Crippen LogP contribution in [-0.2, 0) is 21.2 Å². The average Bonchev–Trinajstić information content (AvgIpc) is 2.66. The van der Waals surface area contributed by atoms with Crippen molar-refractivity contribution in [2.45, 2.75) is 18.2 Å². The Bertz CT molecular complexity index is 931. The first kappa shape index (κ1) is 19.5. The molecule has 1 atom stereocenters. The molecule has 27 heavy (non-hydrogen) atoms. The van der Waals surface area contributed by atoms with Gasteiger partial charge in [0.1, 0.15) is 18.1 Å². The van der Waals surface area contributed by atoms with Gasteiger partial charge in [0.15, 0.2) is 0 Å². The van der Waals surface area contributed by atoms with Gasteiger partial charge in [0.25, 0.3) is 10.0 Å². The average molecular weight is 411 g/mol. The number of benzene rings is 2. The van der Waals surface area contributed by atoms with E-state index < -0.39 is 21.8 Å². The lowest BCUT2D eigenvalue weighted by atomic mass is 9.96. The van der Waals surface area contributed by atoms with Crippen molar-refractivity contribution in [2.75, 3.05) is 13.2 Å². The summed E-state index contributed by atoms with van der Waals surface area (Å²) in [5, 5.41) is 0.551. The zero-order valence-corrected chi connectivity index (χ0v) is 16.1. The fraction of sp³-hybridized carbons (Fsp3) is 0.278. The number of amides is 1. The van der Waals surface area contributed by atoms with Gasteiger partial charge in [-0.25, -0.2) is 8.42 Å². The topological polar surface area (TPSA) is 93.7 Å². The number of carbonyl (C=O) groups is 1. The maximum Gasteiger partial charge on any atom is 0.257 e. The standard InChI is InChI=1S/C18H19ClN2O5S/c1-2-25-15-4-6-16(7-5-15)27(23,24)21-20-18(22)13-9-12-10-14(19)3-8-17(12)26-11-13/h3-8,10,13,21H,2,9,11H2,1H3,(H,20,22)/t13-/m0/s1. The maximum atomic E-state index is 12.3. The molecular formula is C18H19ClN2O5S. The number of hydrogen-bond donors (Lipinski definition) is 2. The fourth-order valence-electron chi connectivity index (χ4n) is 2.69. The van der Waals surface area contributed by atoms with Crippen molar-refractivity contribution in [3.05, 3.63) is 53.1 Å². The molecule has 0 saturated heterocycles. The smallest absolute Gasteiger partial charge is 0.257 e. The Labute approximate surface area is 162 Å². The SMILES string of the molecule is CCOc1ccc(S(=O)(=O)NNC(=O)[C@@H]2COc3ccc(Cl)cc3C2)cc1. The Hall–Kier alpha value is -2.29. The van der Waals surface area contributed by atoms with Crippen molar-refractivity contribution in [3.63, 3.8) is 0 Å². The molecule has 0 aliphatic carbocycles. The summed E-state index contributed by atoms with van der Waals surface area (Å²) in [5.41, 5.74) is 3.06. The molecule has 0 unspecified atom stereocenters. The van der Waals surface area contributed by atoms with Crippen LogP contribution >= 0.6 is 11.6 Å². The third-order valence-corrected chi connectivity index (χ3v) is 5.55. The van der Waals surface area contributed by atoms with Gasteiger partial charge in [-0.1, -0.05) is 11.6 Å². The maximum absolute atomic E-state index is 12.3. The highest BCUT2D eigenvalue weighted by atomic mass is 35.5. The first-order valence-electron chi connectivity index (χ1n) is 8.35. The van der Waals surface area contributed by atoms with Crippen LogP contribution in [0.4, 0.5) is 0 Å². The molecule has 0 bridgehead atoms. The van der Waals surface area contributed by atoms with Gasteiger partial charge in [-0.3, -0.25) is 10.2 Å². The van der Waals surface area contributed by atoms with Crippen LogP contribution in [0.3, 0.4) is 0 Å². The second kappa shape index (κ2) is 8.16. The third kappa shape index (κ3) is 4.71. The number of halogens is 1. The third-order valence-electron chi connectivity index (χ3n) is 4.05. The molecule has 0 saturated carbocycles. The number of carbonyl (C=O) groups excluding carboxylic acids is 1. The minimum absolute atomic E-state index is 0.0169. The summed E-state index contributed by atoms with van der Waals surface area (Å²) in [4.78, 5) is 14.5. The van der Waals surface area contributed by atoms with Crippen LogP contribution in [0.15, 0.2) is 47.4 Å². The summed E-state index contributed by atoms with van der Waals surface area (Å²) < 4.78 is 35.5. The summed E-state index contributed by atoms with van der Waals surface area (Å²) in [6.45, 7) is 2.48. The van der Waals surface area contributed by atoms with Crippen molar-refractivity contribution < 1.29 is 22.7 Å². The van der Waals surface area contributed by atoms with Crippen LogP contribution in [0.25, 0.3) is 0 Å². The van der Waals surface area contributed by atoms with Gasteiger partial charge < -0.3 is 9.47 Å². The van der Waals surface area contributed by atoms with Crippen LogP contribution in [0.5, 0.6) is 11.5 Å². The largest absolute Gasteiger partial charge is 0.494 e. The van der Waals surface area contributed by atoms with Crippen molar-refractivity contribution >= 4 is 27.5 Å². The van der Waals surface area contributed by atoms with E-state index >= 15 is 0 Å². The predicted octanol–water partition coefficient (Wildman–Crippen LogP) is 2.30.